The quantitative estimate of drug-likeness (QED) is 0.775. The molecule has 0 radical (unpaired) electrons. The van der Waals surface area contributed by atoms with E-state index in [1.807, 2.05) is 42.5 Å². The van der Waals surface area contributed by atoms with Gasteiger partial charge in [-0.3, -0.25) is 4.98 Å². The highest BCUT2D eigenvalue weighted by Gasteiger charge is 2.29. The molecular formula is C21H19N3O. The number of nitrogens with zero attached hydrogens (tertiary/aromatic N) is 2. The van der Waals surface area contributed by atoms with Crippen LogP contribution >= 0.6 is 0 Å². The highest BCUT2D eigenvalue weighted by Crippen LogP contribution is 2.35. The molecule has 1 saturated heterocycles. The molecule has 1 aliphatic heterocycles. The second kappa shape index (κ2) is 6.92. The second-order valence-corrected chi connectivity index (χ2v) is 6.31. The molecule has 0 bridgehead atoms. The maximum absolute atomic E-state index is 9.45. The summed E-state index contributed by atoms with van der Waals surface area (Å²) < 4.78 is 5.97. The van der Waals surface area contributed by atoms with Crippen molar-refractivity contribution in [1.82, 2.24) is 4.98 Å². The first-order chi connectivity index (χ1) is 12.4. The van der Waals surface area contributed by atoms with Crippen LogP contribution in [0.5, 0.6) is 0 Å². The van der Waals surface area contributed by atoms with E-state index < -0.39 is 0 Å². The molecule has 0 aliphatic carbocycles. The van der Waals surface area contributed by atoms with Crippen molar-refractivity contribution in [3.8, 4) is 6.07 Å². The maximum atomic E-state index is 9.45. The standard InChI is InChI=1S/C21H19N3O/c22-12-17-14-23-19-9-5-4-8-18(19)20(17)24-13-16-10-11-25-21(16)15-6-2-1-3-7-15/h1-9,14,16,21H,10-11,13H2,(H,23,24). The van der Waals surface area contributed by atoms with Crippen LogP contribution < -0.4 is 5.32 Å². The van der Waals surface area contributed by atoms with Crippen molar-refractivity contribution in [2.75, 3.05) is 18.5 Å². The van der Waals surface area contributed by atoms with Crippen molar-refractivity contribution in [2.24, 2.45) is 5.92 Å². The minimum atomic E-state index is 0.104. The SMILES string of the molecule is N#Cc1cnc2ccccc2c1NCC1CCOC1c1ccccc1. The summed E-state index contributed by atoms with van der Waals surface area (Å²) in [7, 11) is 0. The van der Waals surface area contributed by atoms with Crippen molar-refractivity contribution in [1.29, 1.82) is 5.26 Å². The predicted octanol–water partition coefficient (Wildman–Crippen LogP) is 4.30. The fraction of sp³-hybridized carbons (Fsp3) is 0.238. The fourth-order valence-electron chi connectivity index (χ4n) is 3.50. The third-order valence-electron chi connectivity index (χ3n) is 4.78. The van der Waals surface area contributed by atoms with Crippen LogP contribution in [0.2, 0.25) is 0 Å². The molecule has 25 heavy (non-hydrogen) atoms. The van der Waals surface area contributed by atoms with Crippen LogP contribution in [0.15, 0.2) is 60.8 Å². The van der Waals surface area contributed by atoms with E-state index in [1.165, 1.54) is 5.56 Å². The van der Waals surface area contributed by atoms with E-state index in [0.717, 1.165) is 36.2 Å². The molecule has 0 spiro atoms. The van der Waals surface area contributed by atoms with E-state index in [9.17, 15) is 5.26 Å². The van der Waals surface area contributed by atoms with Crippen molar-refractivity contribution < 1.29 is 4.74 Å². The number of fused-ring (bicyclic) bond motifs is 1. The number of ether oxygens (including phenoxy) is 1. The number of aromatic nitrogens is 1. The van der Waals surface area contributed by atoms with E-state index in [4.69, 9.17) is 4.74 Å². The number of hydrogen-bond acceptors (Lipinski definition) is 4. The lowest BCUT2D eigenvalue weighted by Gasteiger charge is -2.21. The van der Waals surface area contributed by atoms with Gasteiger partial charge in [0.05, 0.1) is 22.9 Å². The van der Waals surface area contributed by atoms with Crippen molar-refractivity contribution in [3.05, 3.63) is 71.9 Å². The summed E-state index contributed by atoms with van der Waals surface area (Å²) in [6.07, 6.45) is 2.76. The zero-order valence-electron chi connectivity index (χ0n) is 13.9. The Kier molecular flexibility index (Phi) is 4.32. The van der Waals surface area contributed by atoms with Gasteiger partial charge in [0.1, 0.15) is 6.07 Å². The van der Waals surface area contributed by atoms with Gasteiger partial charge in [0.15, 0.2) is 0 Å². The molecule has 0 amide bonds. The summed E-state index contributed by atoms with van der Waals surface area (Å²) in [6.45, 7) is 1.54. The number of anilines is 1. The van der Waals surface area contributed by atoms with Gasteiger partial charge in [-0.25, -0.2) is 0 Å². The van der Waals surface area contributed by atoms with E-state index in [1.54, 1.807) is 6.20 Å². The average molecular weight is 329 g/mol. The van der Waals surface area contributed by atoms with Gasteiger partial charge >= 0.3 is 0 Å². The summed E-state index contributed by atoms with van der Waals surface area (Å²) in [5.74, 6) is 0.376. The molecule has 0 saturated carbocycles. The molecule has 2 heterocycles. The normalized spacial score (nSPS) is 19.6. The number of nitrogens with one attached hydrogen (secondary N) is 1. The van der Waals surface area contributed by atoms with Gasteiger partial charge in [-0.1, -0.05) is 48.5 Å². The van der Waals surface area contributed by atoms with Crippen LogP contribution in [-0.2, 0) is 4.74 Å². The molecule has 1 aromatic heterocycles. The predicted molar refractivity (Wildman–Crippen MR) is 98.2 cm³/mol. The first kappa shape index (κ1) is 15.6. The molecule has 3 aromatic rings. The van der Waals surface area contributed by atoms with Gasteiger partial charge in [0.25, 0.3) is 0 Å². The Morgan fingerprint density at radius 2 is 1.92 bits per heavy atom. The Morgan fingerprint density at radius 3 is 2.76 bits per heavy atom. The minimum Gasteiger partial charge on any atom is -0.383 e. The monoisotopic (exact) mass is 329 g/mol. The summed E-state index contributed by atoms with van der Waals surface area (Å²) in [5, 5.41) is 13.9. The molecule has 2 atom stereocenters. The summed E-state index contributed by atoms with van der Waals surface area (Å²) >= 11 is 0. The lowest BCUT2D eigenvalue weighted by molar-refractivity contribution is 0.0933. The van der Waals surface area contributed by atoms with Crippen LogP contribution in [0.1, 0.15) is 23.7 Å². The lowest BCUT2D eigenvalue weighted by atomic mass is 9.95. The van der Waals surface area contributed by atoms with Crippen LogP contribution in [-0.4, -0.2) is 18.1 Å². The van der Waals surface area contributed by atoms with Crippen molar-refractivity contribution in [2.45, 2.75) is 12.5 Å². The van der Waals surface area contributed by atoms with Crippen molar-refractivity contribution >= 4 is 16.6 Å². The molecular weight excluding hydrogens is 310 g/mol. The van der Waals surface area contributed by atoms with Gasteiger partial charge in [-0.15, -0.1) is 0 Å². The smallest absolute Gasteiger partial charge is 0.103 e. The first-order valence-corrected chi connectivity index (χ1v) is 8.55. The Morgan fingerprint density at radius 1 is 1.12 bits per heavy atom. The number of hydrogen-bond donors (Lipinski definition) is 1. The van der Waals surface area contributed by atoms with Gasteiger partial charge in [0, 0.05) is 30.7 Å². The second-order valence-electron chi connectivity index (χ2n) is 6.31. The lowest BCUT2D eigenvalue weighted by Crippen LogP contribution is -2.18. The molecule has 1 fully saturated rings. The number of pyridine rings is 1. The Labute approximate surface area is 147 Å². The van der Waals surface area contributed by atoms with Gasteiger partial charge < -0.3 is 10.1 Å². The highest BCUT2D eigenvalue weighted by atomic mass is 16.5. The topological polar surface area (TPSA) is 57.9 Å². The molecule has 124 valence electrons. The molecule has 1 aliphatic rings. The van der Waals surface area contributed by atoms with Crippen molar-refractivity contribution in [3.63, 3.8) is 0 Å². The highest BCUT2D eigenvalue weighted by molar-refractivity contribution is 5.93. The number of rotatable bonds is 4. The van der Waals surface area contributed by atoms with Crippen LogP contribution in [0.25, 0.3) is 10.9 Å². The summed E-state index contributed by atoms with van der Waals surface area (Å²) in [6, 6.07) is 20.5. The molecule has 4 nitrogen and oxygen atoms in total. The number of benzene rings is 2. The van der Waals surface area contributed by atoms with Gasteiger partial charge in [-0.05, 0) is 18.1 Å². The Hall–Kier alpha value is -2.90. The molecule has 2 aromatic carbocycles. The Balaban J connectivity index is 1.59. The van der Waals surface area contributed by atoms with Crippen LogP contribution in [0.3, 0.4) is 0 Å². The molecule has 1 N–H and O–H groups in total. The molecule has 4 rings (SSSR count). The Bertz CT molecular complexity index is 917. The third kappa shape index (κ3) is 3.07. The summed E-state index contributed by atoms with van der Waals surface area (Å²) in [5.41, 5.74) is 3.55. The van der Waals surface area contributed by atoms with Crippen LogP contribution in [0.4, 0.5) is 5.69 Å². The first-order valence-electron chi connectivity index (χ1n) is 8.55. The summed E-state index contributed by atoms with van der Waals surface area (Å²) in [4.78, 5) is 4.37. The third-order valence-corrected chi connectivity index (χ3v) is 4.78. The van der Waals surface area contributed by atoms with E-state index >= 15 is 0 Å². The number of para-hydroxylation sites is 1. The zero-order chi connectivity index (χ0) is 17.1. The zero-order valence-corrected chi connectivity index (χ0v) is 13.9. The maximum Gasteiger partial charge on any atom is 0.103 e. The van der Waals surface area contributed by atoms with Gasteiger partial charge in [0.2, 0.25) is 0 Å². The molecule has 4 heteroatoms. The minimum absolute atomic E-state index is 0.104. The van der Waals surface area contributed by atoms with E-state index in [-0.39, 0.29) is 6.10 Å². The van der Waals surface area contributed by atoms with E-state index in [2.05, 4.69) is 28.5 Å². The van der Waals surface area contributed by atoms with Crippen LogP contribution in [0, 0.1) is 17.2 Å². The fourth-order valence-corrected chi connectivity index (χ4v) is 3.50. The largest absolute Gasteiger partial charge is 0.383 e. The molecule has 2 unspecified atom stereocenters. The van der Waals surface area contributed by atoms with E-state index in [0.29, 0.717) is 11.5 Å². The van der Waals surface area contributed by atoms with Gasteiger partial charge in [-0.2, -0.15) is 5.26 Å². The average Bonchev–Trinajstić information content (AvgIpc) is 3.15. The number of nitriles is 1.